The fourth-order valence-corrected chi connectivity index (χ4v) is 2.19. The lowest BCUT2D eigenvalue weighted by atomic mass is 10.3. The predicted molar refractivity (Wildman–Crippen MR) is 45.0 cm³/mol. The molecule has 0 spiro atoms. The summed E-state index contributed by atoms with van der Waals surface area (Å²) in [7, 11) is -0.665. The summed E-state index contributed by atoms with van der Waals surface area (Å²) >= 11 is 0. The van der Waals surface area contributed by atoms with E-state index in [4.69, 9.17) is 5.11 Å². The van der Waals surface area contributed by atoms with Crippen molar-refractivity contribution in [2.24, 2.45) is 0 Å². The summed E-state index contributed by atoms with van der Waals surface area (Å²) in [5, 5.41) is 11.2. The van der Waals surface area contributed by atoms with Gasteiger partial charge in [-0.2, -0.15) is 0 Å². The summed E-state index contributed by atoms with van der Waals surface area (Å²) in [5.74, 6) is -0.901. The van der Waals surface area contributed by atoms with Gasteiger partial charge < -0.3 is 15.2 Å². The molecule has 66 valence electrons. The molecule has 0 fully saturated rings. The van der Waals surface area contributed by atoms with Crippen LogP contribution in [-0.2, 0) is 4.79 Å². The van der Waals surface area contributed by atoms with E-state index in [2.05, 4.69) is 5.32 Å². The molecular weight excluding hydrogens is 162 g/mol. The zero-order chi connectivity index (χ0) is 9.07. The van der Waals surface area contributed by atoms with Crippen molar-refractivity contribution in [3.63, 3.8) is 0 Å². The Bertz CT molecular complexity index is 143. The van der Waals surface area contributed by atoms with Gasteiger partial charge in [0.1, 0.15) is 6.04 Å². The molecule has 0 aromatic carbocycles. The van der Waals surface area contributed by atoms with Crippen LogP contribution in [0.3, 0.4) is 0 Å². The van der Waals surface area contributed by atoms with Gasteiger partial charge in [0.05, 0.1) is 0 Å². The number of aliphatic carboxylic acids is 1. The van der Waals surface area contributed by atoms with Crippen LogP contribution in [0.2, 0.25) is 19.1 Å². The molecule has 0 amide bonds. The summed E-state index contributed by atoms with van der Waals surface area (Å²) in [4.78, 5) is 19.9. The van der Waals surface area contributed by atoms with Crippen LogP contribution in [0.25, 0.3) is 0 Å². The Morgan fingerprint density at radius 2 is 2.09 bits per heavy atom. The molecule has 3 N–H and O–H groups in total. The highest BCUT2D eigenvalue weighted by molar-refractivity contribution is 6.70. The standard InChI is InChI=1S/C6H15NO3Si/c1-7-5(6(8)9)4-11(2,3)10/h5,7,10H,4H2,1-3H3,(H,8,9)/t5-/m0/s1. The topological polar surface area (TPSA) is 69.6 Å². The number of nitrogens with one attached hydrogen (secondary N) is 1. The molecule has 0 rings (SSSR count). The lowest BCUT2D eigenvalue weighted by Crippen LogP contribution is -2.41. The van der Waals surface area contributed by atoms with Gasteiger partial charge in [-0.25, -0.2) is 0 Å². The molecule has 4 nitrogen and oxygen atoms in total. The first kappa shape index (κ1) is 10.6. The highest BCUT2D eigenvalue weighted by Crippen LogP contribution is 2.07. The number of hydrogen-bond donors (Lipinski definition) is 3. The van der Waals surface area contributed by atoms with Crippen molar-refractivity contribution in [1.29, 1.82) is 0 Å². The Balaban J connectivity index is 3.99. The number of carboxylic acid groups (broad SMARTS) is 1. The lowest BCUT2D eigenvalue weighted by molar-refractivity contribution is -0.138. The SMILES string of the molecule is CN[C@@H](C[Si](C)(C)O)C(=O)O. The van der Waals surface area contributed by atoms with Crippen LogP contribution in [0, 0.1) is 0 Å². The highest BCUT2D eigenvalue weighted by Gasteiger charge is 2.26. The molecule has 0 unspecified atom stereocenters. The average Bonchev–Trinajstić information content (AvgIpc) is 1.80. The first-order valence-corrected chi connectivity index (χ1v) is 6.64. The van der Waals surface area contributed by atoms with E-state index in [0.717, 1.165) is 0 Å². The van der Waals surface area contributed by atoms with E-state index >= 15 is 0 Å². The van der Waals surface area contributed by atoms with Crippen LogP contribution < -0.4 is 5.32 Å². The monoisotopic (exact) mass is 177 g/mol. The van der Waals surface area contributed by atoms with E-state index < -0.39 is 20.3 Å². The molecule has 0 heterocycles. The summed E-state index contributed by atoms with van der Waals surface area (Å²) in [6, 6.07) is -0.264. The zero-order valence-corrected chi connectivity index (χ0v) is 8.09. The van der Waals surface area contributed by atoms with Crippen molar-refractivity contribution in [1.82, 2.24) is 5.32 Å². The minimum Gasteiger partial charge on any atom is -0.480 e. The predicted octanol–water partition coefficient (Wildman–Crippen LogP) is -0.144. The number of carbonyl (C=O) groups is 1. The van der Waals surface area contributed by atoms with Gasteiger partial charge in [-0.05, 0) is 26.2 Å². The molecule has 0 aromatic rings. The molecule has 11 heavy (non-hydrogen) atoms. The Hall–Kier alpha value is -0.393. The maximum absolute atomic E-state index is 10.5. The molecule has 0 aromatic heterocycles. The van der Waals surface area contributed by atoms with Crippen molar-refractivity contribution in [2.45, 2.75) is 25.2 Å². The number of likely N-dealkylation sites (N-methyl/N-ethyl adjacent to an activating group) is 1. The molecule has 0 aliphatic rings. The van der Waals surface area contributed by atoms with E-state index in [-0.39, 0.29) is 0 Å². The smallest absolute Gasteiger partial charge is 0.320 e. The molecule has 0 aliphatic heterocycles. The zero-order valence-electron chi connectivity index (χ0n) is 7.09. The van der Waals surface area contributed by atoms with Gasteiger partial charge in [-0.1, -0.05) is 0 Å². The fraction of sp³-hybridized carbons (Fsp3) is 0.833. The number of hydrogen-bond acceptors (Lipinski definition) is 3. The molecule has 0 saturated carbocycles. The normalized spacial score (nSPS) is 14.5. The first-order valence-electron chi connectivity index (χ1n) is 3.49. The van der Waals surface area contributed by atoms with Crippen LogP contribution in [0.15, 0.2) is 0 Å². The van der Waals surface area contributed by atoms with Gasteiger partial charge in [-0.15, -0.1) is 0 Å². The van der Waals surface area contributed by atoms with Gasteiger partial charge in [0.2, 0.25) is 0 Å². The van der Waals surface area contributed by atoms with Crippen molar-refractivity contribution in [2.75, 3.05) is 7.05 Å². The van der Waals surface area contributed by atoms with E-state index in [1.165, 1.54) is 0 Å². The van der Waals surface area contributed by atoms with Gasteiger partial charge in [0.25, 0.3) is 0 Å². The second-order valence-corrected chi connectivity index (χ2v) is 7.23. The minimum atomic E-state index is -2.25. The summed E-state index contributed by atoms with van der Waals surface area (Å²) in [6.07, 6.45) is 0. The van der Waals surface area contributed by atoms with Gasteiger partial charge in [-0.3, -0.25) is 4.79 Å². The third-order valence-electron chi connectivity index (χ3n) is 1.35. The van der Waals surface area contributed by atoms with Crippen molar-refractivity contribution < 1.29 is 14.7 Å². The van der Waals surface area contributed by atoms with E-state index in [1.807, 2.05) is 0 Å². The first-order chi connectivity index (χ1) is 4.87. The van der Waals surface area contributed by atoms with Crippen LogP contribution in [0.5, 0.6) is 0 Å². The molecule has 0 radical (unpaired) electrons. The largest absolute Gasteiger partial charge is 0.480 e. The molecule has 0 aliphatic carbocycles. The van der Waals surface area contributed by atoms with E-state index in [0.29, 0.717) is 6.04 Å². The molecule has 0 bridgehead atoms. The van der Waals surface area contributed by atoms with Crippen molar-refractivity contribution in [3.8, 4) is 0 Å². The van der Waals surface area contributed by atoms with Crippen molar-refractivity contribution in [3.05, 3.63) is 0 Å². The third-order valence-corrected chi connectivity index (χ3v) is 2.76. The van der Waals surface area contributed by atoms with Gasteiger partial charge >= 0.3 is 5.97 Å². The van der Waals surface area contributed by atoms with E-state index in [1.54, 1.807) is 20.1 Å². The van der Waals surface area contributed by atoms with Gasteiger partial charge in [0.15, 0.2) is 8.32 Å². The van der Waals surface area contributed by atoms with Crippen LogP contribution in [0.4, 0.5) is 0 Å². The molecular formula is C6H15NO3Si. The summed E-state index contributed by atoms with van der Waals surface area (Å²) < 4.78 is 0. The van der Waals surface area contributed by atoms with Crippen molar-refractivity contribution >= 4 is 14.3 Å². The number of carboxylic acids is 1. The Labute approximate surface area is 67.4 Å². The fourth-order valence-electron chi connectivity index (χ4n) is 0.812. The summed E-state index contributed by atoms with van der Waals surface area (Å²) in [5.41, 5.74) is 0. The Kier molecular flexibility index (Phi) is 3.71. The average molecular weight is 177 g/mol. The lowest BCUT2D eigenvalue weighted by Gasteiger charge is -2.18. The van der Waals surface area contributed by atoms with Gasteiger partial charge in [0, 0.05) is 0 Å². The third kappa shape index (κ3) is 4.94. The Morgan fingerprint density at radius 1 is 1.64 bits per heavy atom. The maximum atomic E-state index is 10.5. The quantitative estimate of drug-likeness (QED) is 0.523. The van der Waals surface area contributed by atoms with E-state index in [9.17, 15) is 9.59 Å². The summed E-state index contributed by atoms with van der Waals surface area (Å²) in [6.45, 7) is 3.44. The van der Waals surface area contributed by atoms with Crippen LogP contribution >= 0.6 is 0 Å². The molecule has 0 saturated heterocycles. The molecule has 1 atom stereocenters. The number of rotatable bonds is 4. The minimum absolute atomic E-state index is 0.346. The Morgan fingerprint density at radius 3 is 2.18 bits per heavy atom. The second kappa shape index (κ2) is 3.84. The molecule has 5 heteroatoms. The van der Waals surface area contributed by atoms with Crippen LogP contribution in [-0.4, -0.2) is 37.3 Å². The highest BCUT2D eigenvalue weighted by atomic mass is 28.4. The van der Waals surface area contributed by atoms with Crippen LogP contribution in [0.1, 0.15) is 0 Å². The maximum Gasteiger partial charge on any atom is 0.320 e. The second-order valence-electron chi connectivity index (χ2n) is 3.20.